The van der Waals surface area contributed by atoms with Crippen LogP contribution in [0.2, 0.25) is 0 Å². The van der Waals surface area contributed by atoms with Crippen LogP contribution in [0.5, 0.6) is 0 Å². The molecule has 4 rings (SSSR count). The van der Waals surface area contributed by atoms with Crippen molar-refractivity contribution in [3.05, 3.63) is 72.2 Å². The summed E-state index contributed by atoms with van der Waals surface area (Å²) in [5, 5.41) is 6.94. The van der Waals surface area contributed by atoms with E-state index in [1.807, 2.05) is 12.3 Å². The number of hydrogen-bond donors (Lipinski definition) is 1. The van der Waals surface area contributed by atoms with Gasteiger partial charge >= 0.3 is 0 Å². The smallest absolute Gasteiger partial charge is 0.112 e. The van der Waals surface area contributed by atoms with Gasteiger partial charge in [0.15, 0.2) is 0 Å². The van der Waals surface area contributed by atoms with Gasteiger partial charge in [0.2, 0.25) is 0 Å². The zero-order valence-corrected chi connectivity index (χ0v) is 14.1. The van der Waals surface area contributed by atoms with E-state index in [9.17, 15) is 0 Å². The maximum atomic E-state index is 5.95. The molecule has 0 bridgehead atoms. The number of nitrogens with one attached hydrogen (secondary N) is 1. The van der Waals surface area contributed by atoms with E-state index < -0.39 is 0 Å². The molecule has 3 aromatic rings. The zero-order valence-electron chi connectivity index (χ0n) is 14.1. The largest absolute Gasteiger partial charge is 0.369 e. The second-order valence-electron chi connectivity index (χ2n) is 6.34. The second-order valence-corrected chi connectivity index (χ2v) is 6.34. The van der Waals surface area contributed by atoms with Gasteiger partial charge in [0.05, 0.1) is 18.0 Å². The van der Waals surface area contributed by atoms with Crippen molar-refractivity contribution in [2.24, 2.45) is 0 Å². The Bertz CT molecular complexity index is 771. The molecule has 1 aromatic carbocycles. The average Bonchev–Trinajstić information content (AvgIpc) is 3.22. The van der Waals surface area contributed by atoms with Gasteiger partial charge in [-0.1, -0.05) is 30.3 Å². The summed E-state index contributed by atoms with van der Waals surface area (Å²) in [6, 6.07) is 16.7. The number of pyridine rings is 1. The summed E-state index contributed by atoms with van der Waals surface area (Å²) < 4.78 is 5.95. The van der Waals surface area contributed by atoms with E-state index in [1.165, 1.54) is 5.56 Å². The molecule has 0 aliphatic carbocycles. The third-order valence-corrected chi connectivity index (χ3v) is 4.64. The van der Waals surface area contributed by atoms with E-state index in [2.05, 4.69) is 62.5 Å². The fourth-order valence-corrected chi connectivity index (χ4v) is 3.19. The lowest BCUT2D eigenvalue weighted by Crippen LogP contribution is -2.39. The normalized spacial score (nSPS) is 18.3. The van der Waals surface area contributed by atoms with Crippen LogP contribution in [0.15, 0.2) is 60.9 Å². The van der Waals surface area contributed by atoms with Crippen molar-refractivity contribution in [3.8, 4) is 11.3 Å². The van der Waals surface area contributed by atoms with Crippen molar-refractivity contribution in [1.29, 1.82) is 0 Å². The van der Waals surface area contributed by atoms with Gasteiger partial charge in [-0.05, 0) is 30.2 Å². The Labute approximate surface area is 147 Å². The molecule has 0 amide bonds. The summed E-state index contributed by atoms with van der Waals surface area (Å²) in [6.07, 6.45) is 4.74. The van der Waals surface area contributed by atoms with E-state index in [0.717, 1.165) is 49.6 Å². The van der Waals surface area contributed by atoms with Gasteiger partial charge < -0.3 is 4.74 Å². The summed E-state index contributed by atoms with van der Waals surface area (Å²) in [4.78, 5) is 7.08. The van der Waals surface area contributed by atoms with Crippen molar-refractivity contribution in [2.45, 2.75) is 12.5 Å². The lowest BCUT2D eigenvalue weighted by atomic mass is 10.1. The topological polar surface area (TPSA) is 54.0 Å². The van der Waals surface area contributed by atoms with Crippen LogP contribution in [-0.2, 0) is 11.2 Å². The van der Waals surface area contributed by atoms with E-state index in [1.54, 1.807) is 6.20 Å². The molecule has 1 aliphatic heterocycles. The van der Waals surface area contributed by atoms with Gasteiger partial charge in [-0.3, -0.25) is 15.0 Å². The van der Waals surface area contributed by atoms with Gasteiger partial charge in [0, 0.05) is 37.6 Å². The number of benzene rings is 1. The molecule has 3 heterocycles. The third kappa shape index (κ3) is 3.95. The maximum Gasteiger partial charge on any atom is 0.112 e. The molecule has 128 valence electrons. The van der Waals surface area contributed by atoms with Crippen molar-refractivity contribution in [1.82, 2.24) is 20.1 Å². The lowest BCUT2D eigenvalue weighted by molar-refractivity contribution is -0.0316. The summed E-state index contributed by atoms with van der Waals surface area (Å²) >= 11 is 0. The first-order valence-electron chi connectivity index (χ1n) is 8.72. The minimum atomic E-state index is 0.0420. The molecule has 5 nitrogen and oxygen atoms in total. The number of ether oxygens (including phenoxy) is 1. The molecule has 1 aliphatic rings. The Morgan fingerprint density at radius 2 is 2.04 bits per heavy atom. The standard InChI is InChI=1S/C20H22N4O/c1-2-4-16(5-3-1)9-11-24-12-13-25-20(15-24)19-7-6-17(14-21-19)18-8-10-22-23-18/h1-8,10,14,20H,9,11-13,15H2,(H,22,23)/t20-/m0/s1. The van der Waals surface area contributed by atoms with Crippen LogP contribution in [-0.4, -0.2) is 46.3 Å². The van der Waals surface area contributed by atoms with Crippen molar-refractivity contribution < 1.29 is 4.74 Å². The molecule has 1 fully saturated rings. The van der Waals surface area contributed by atoms with Crippen molar-refractivity contribution in [3.63, 3.8) is 0 Å². The minimum absolute atomic E-state index is 0.0420. The molecule has 1 saturated heterocycles. The first-order valence-corrected chi connectivity index (χ1v) is 8.72. The van der Waals surface area contributed by atoms with E-state index in [0.29, 0.717) is 0 Å². The van der Waals surface area contributed by atoms with Gasteiger partial charge in [0.25, 0.3) is 0 Å². The van der Waals surface area contributed by atoms with Crippen molar-refractivity contribution in [2.75, 3.05) is 26.2 Å². The number of nitrogens with zero attached hydrogens (tertiary/aromatic N) is 3. The SMILES string of the molecule is c1ccc(CCN2CCO[C@H](c3ccc(-c4ccn[nH]4)cn3)C2)cc1. The Morgan fingerprint density at radius 3 is 2.80 bits per heavy atom. The molecule has 0 saturated carbocycles. The summed E-state index contributed by atoms with van der Waals surface area (Å²) in [7, 11) is 0. The summed E-state index contributed by atoms with van der Waals surface area (Å²) in [6.45, 7) is 3.68. The molecule has 2 aromatic heterocycles. The minimum Gasteiger partial charge on any atom is -0.369 e. The number of aromatic nitrogens is 3. The molecule has 25 heavy (non-hydrogen) atoms. The molecule has 0 spiro atoms. The zero-order chi connectivity index (χ0) is 16.9. The Kier molecular flexibility index (Phi) is 4.86. The van der Waals surface area contributed by atoms with Gasteiger partial charge in [-0.15, -0.1) is 0 Å². The summed E-state index contributed by atoms with van der Waals surface area (Å²) in [5.41, 5.74) is 4.39. The van der Waals surface area contributed by atoms with E-state index >= 15 is 0 Å². The highest BCUT2D eigenvalue weighted by molar-refractivity contribution is 5.57. The molecule has 1 N–H and O–H groups in total. The molecular formula is C20H22N4O. The Balaban J connectivity index is 1.37. The van der Waals surface area contributed by atoms with Crippen LogP contribution >= 0.6 is 0 Å². The Morgan fingerprint density at radius 1 is 1.12 bits per heavy atom. The fourth-order valence-electron chi connectivity index (χ4n) is 3.19. The molecule has 1 atom stereocenters. The highest BCUT2D eigenvalue weighted by Crippen LogP contribution is 2.23. The van der Waals surface area contributed by atoms with Crippen LogP contribution in [0.1, 0.15) is 17.4 Å². The number of morpholine rings is 1. The first kappa shape index (κ1) is 16.0. The predicted octanol–water partition coefficient (Wildman–Crippen LogP) is 3.09. The molecule has 0 unspecified atom stereocenters. The molecule has 0 radical (unpaired) electrons. The maximum absolute atomic E-state index is 5.95. The Hall–Kier alpha value is -2.50. The van der Waals surface area contributed by atoms with Crippen LogP contribution in [0.4, 0.5) is 0 Å². The lowest BCUT2D eigenvalue weighted by Gasteiger charge is -2.32. The van der Waals surface area contributed by atoms with Gasteiger partial charge in [-0.25, -0.2) is 0 Å². The number of hydrogen-bond acceptors (Lipinski definition) is 4. The average molecular weight is 334 g/mol. The fraction of sp³-hybridized carbons (Fsp3) is 0.300. The van der Waals surface area contributed by atoms with Crippen LogP contribution < -0.4 is 0 Å². The van der Waals surface area contributed by atoms with Gasteiger partial charge in [0.1, 0.15) is 6.10 Å². The molecular weight excluding hydrogens is 312 g/mol. The van der Waals surface area contributed by atoms with E-state index in [-0.39, 0.29) is 6.10 Å². The highest BCUT2D eigenvalue weighted by atomic mass is 16.5. The number of H-pyrrole nitrogens is 1. The molecule has 5 heteroatoms. The third-order valence-electron chi connectivity index (χ3n) is 4.64. The van der Waals surface area contributed by atoms with Crippen molar-refractivity contribution >= 4 is 0 Å². The highest BCUT2D eigenvalue weighted by Gasteiger charge is 2.22. The number of aromatic amines is 1. The van der Waals surface area contributed by atoms with Gasteiger partial charge in [-0.2, -0.15) is 5.10 Å². The second kappa shape index (κ2) is 7.59. The summed E-state index contributed by atoms with van der Waals surface area (Å²) in [5.74, 6) is 0. The van der Waals surface area contributed by atoms with Crippen LogP contribution in [0.3, 0.4) is 0 Å². The monoisotopic (exact) mass is 334 g/mol. The quantitative estimate of drug-likeness (QED) is 0.779. The first-order chi connectivity index (χ1) is 12.4. The van der Waals surface area contributed by atoms with Crippen LogP contribution in [0, 0.1) is 0 Å². The van der Waals surface area contributed by atoms with Crippen LogP contribution in [0.25, 0.3) is 11.3 Å². The number of rotatable bonds is 5. The van der Waals surface area contributed by atoms with E-state index in [4.69, 9.17) is 4.74 Å². The predicted molar refractivity (Wildman–Crippen MR) is 97.1 cm³/mol.